The van der Waals surface area contributed by atoms with Gasteiger partial charge in [-0.15, -0.1) is 0 Å². The summed E-state index contributed by atoms with van der Waals surface area (Å²) in [4.78, 5) is 12.8. The van der Waals surface area contributed by atoms with Crippen molar-refractivity contribution >= 4 is 19.3 Å². The number of fused-ring (bicyclic) bond motifs is 3. The monoisotopic (exact) mass is 517 g/mol. The lowest BCUT2D eigenvalue weighted by Gasteiger charge is -2.32. The molecule has 5 nitrogen and oxygen atoms in total. The fraction of sp³-hybridized carbons (Fsp3) is 0.300. The molecule has 0 spiro atoms. The standard InChI is InChI=1S/C30H30BF2NO4/c1-29(2)30(3,4)38-31(37-29)20(15-19-13-14-26(32)27(33)16-19)17-34-28(35)36-18-25-23-11-7-5-9-21(23)22-10-6-8-12-24(22)25/h5-16,25H,17-18H2,1-4H3,(H,34,35). The van der Waals surface area contributed by atoms with E-state index in [4.69, 9.17) is 14.0 Å². The van der Waals surface area contributed by atoms with Gasteiger partial charge in [0.25, 0.3) is 0 Å². The van der Waals surface area contributed by atoms with Crippen LogP contribution in [0.2, 0.25) is 0 Å². The fourth-order valence-corrected chi connectivity index (χ4v) is 4.84. The molecule has 1 aliphatic heterocycles. The highest BCUT2D eigenvalue weighted by atomic mass is 19.2. The number of carbonyl (C=O) groups excluding carboxylic acids is 1. The molecule has 196 valence electrons. The van der Waals surface area contributed by atoms with E-state index in [-0.39, 0.29) is 19.1 Å². The highest BCUT2D eigenvalue weighted by Gasteiger charge is 2.52. The number of benzene rings is 3. The lowest BCUT2D eigenvalue weighted by atomic mass is 9.77. The first-order chi connectivity index (χ1) is 18.1. The third kappa shape index (κ3) is 4.98. The van der Waals surface area contributed by atoms with Gasteiger partial charge in [-0.25, -0.2) is 13.6 Å². The Morgan fingerprint density at radius 1 is 0.921 bits per heavy atom. The first-order valence-electron chi connectivity index (χ1n) is 12.7. The van der Waals surface area contributed by atoms with E-state index in [1.54, 1.807) is 6.08 Å². The van der Waals surface area contributed by atoms with Crippen molar-refractivity contribution in [2.45, 2.75) is 44.8 Å². The van der Waals surface area contributed by atoms with Gasteiger partial charge in [0.2, 0.25) is 0 Å². The van der Waals surface area contributed by atoms with E-state index in [1.165, 1.54) is 6.07 Å². The Bertz CT molecular complexity index is 1340. The van der Waals surface area contributed by atoms with E-state index in [2.05, 4.69) is 29.6 Å². The first-order valence-corrected chi connectivity index (χ1v) is 12.7. The van der Waals surface area contributed by atoms with Crippen LogP contribution in [-0.4, -0.2) is 37.6 Å². The molecule has 3 aromatic carbocycles. The lowest BCUT2D eigenvalue weighted by Crippen LogP contribution is -2.41. The van der Waals surface area contributed by atoms with Crippen LogP contribution in [-0.2, 0) is 14.0 Å². The fourth-order valence-electron chi connectivity index (χ4n) is 4.84. The number of ether oxygens (including phenoxy) is 1. The summed E-state index contributed by atoms with van der Waals surface area (Å²) in [6, 6.07) is 19.8. The first kappa shape index (κ1) is 26.1. The second-order valence-electron chi connectivity index (χ2n) is 10.7. The maximum Gasteiger partial charge on any atom is 0.492 e. The van der Waals surface area contributed by atoms with E-state index in [0.717, 1.165) is 34.4 Å². The molecule has 1 aliphatic carbocycles. The number of halogens is 2. The Morgan fingerprint density at radius 3 is 2.08 bits per heavy atom. The summed E-state index contributed by atoms with van der Waals surface area (Å²) >= 11 is 0. The van der Waals surface area contributed by atoms with Gasteiger partial charge in [-0.2, -0.15) is 0 Å². The number of hydrogen-bond acceptors (Lipinski definition) is 4. The van der Waals surface area contributed by atoms with E-state index in [0.29, 0.717) is 11.0 Å². The highest BCUT2D eigenvalue weighted by Crippen LogP contribution is 2.44. The number of alkyl carbamates (subject to hydrolysis) is 1. The molecule has 1 fully saturated rings. The molecule has 3 aromatic rings. The van der Waals surface area contributed by atoms with E-state index in [9.17, 15) is 13.6 Å². The van der Waals surface area contributed by atoms with Gasteiger partial charge in [-0.05, 0) is 73.1 Å². The quantitative estimate of drug-likeness (QED) is 0.379. The van der Waals surface area contributed by atoms with Crippen LogP contribution in [0.4, 0.5) is 13.6 Å². The second kappa shape index (κ2) is 10.0. The number of amides is 1. The van der Waals surface area contributed by atoms with Crippen molar-refractivity contribution in [3.05, 3.63) is 101 Å². The van der Waals surface area contributed by atoms with Crippen LogP contribution in [0.15, 0.2) is 72.2 Å². The third-order valence-corrected chi connectivity index (χ3v) is 7.63. The van der Waals surface area contributed by atoms with Crippen LogP contribution >= 0.6 is 0 Å². The predicted octanol–water partition coefficient (Wildman–Crippen LogP) is 6.52. The molecule has 0 saturated carbocycles. The largest absolute Gasteiger partial charge is 0.492 e. The molecular formula is C30H30BF2NO4. The van der Waals surface area contributed by atoms with Gasteiger partial charge in [0.05, 0.1) is 11.2 Å². The summed E-state index contributed by atoms with van der Waals surface area (Å²) < 4.78 is 45.3. The minimum absolute atomic E-state index is 0.0342. The smallest absolute Gasteiger partial charge is 0.449 e. The number of nitrogens with one attached hydrogen (secondary N) is 1. The lowest BCUT2D eigenvalue weighted by molar-refractivity contribution is 0.00578. The van der Waals surface area contributed by atoms with Crippen LogP contribution < -0.4 is 5.32 Å². The summed E-state index contributed by atoms with van der Waals surface area (Å²) in [5.41, 5.74) is 4.27. The van der Waals surface area contributed by atoms with Gasteiger partial charge in [-0.1, -0.05) is 60.7 Å². The van der Waals surface area contributed by atoms with Crippen LogP contribution in [0.3, 0.4) is 0 Å². The van der Waals surface area contributed by atoms with Crippen molar-refractivity contribution in [3.63, 3.8) is 0 Å². The molecule has 8 heteroatoms. The normalized spacial score (nSPS) is 17.7. The van der Waals surface area contributed by atoms with Crippen LogP contribution in [0, 0.1) is 11.6 Å². The summed E-state index contributed by atoms with van der Waals surface area (Å²) in [6.07, 6.45) is 1.04. The summed E-state index contributed by atoms with van der Waals surface area (Å²) in [7, 11) is -0.790. The topological polar surface area (TPSA) is 56.8 Å². The Kier molecular flexibility index (Phi) is 6.88. The van der Waals surface area contributed by atoms with Gasteiger partial charge >= 0.3 is 13.2 Å². The average Bonchev–Trinajstić information content (AvgIpc) is 3.31. The van der Waals surface area contributed by atoms with Crippen molar-refractivity contribution < 1.29 is 27.6 Å². The average molecular weight is 517 g/mol. The maximum atomic E-state index is 13.9. The SMILES string of the molecule is CC1(C)OB(C(=Cc2ccc(F)c(F)c2)CNC(=O)OCC2c3ccccc3-c3ccccc32)OC1(C)C. The molecule has 2 aliphatic rings. The van der Waals surface area contributed by atoms with Crippen molar-refractivity contribution in [2.75, 3.05) is 13.2 Å². The Balaban J connectivity index is 1.30. The van der Waals surface area contributed by atoms with Crippen molar-refractivity contribution in [3.8, 4) is 11.1 Å². The maximum absolute atomic E-state index is 13.9. The van der Waals surface area contributed by atoms with Crippen LogP contribution in [0.25, 0.3) is 17.2 Å². The van der Waals surface area contributed by atoms with Crippen molar-refractivity contribution in [2.24, 2.45) is 0 Å². The third-order valence-electron chi connectivity index (χ3n) is 7.63. The van der Waals surface area contributed by atoms with Gasteiger partial charge in [-0.3, -0.25) is 0 Å². The molecule has 0 atom stereocenters. The molecule has 0 radical (unpaired) electrons. The van der Waals surface area contributed by atoms with E-state index >= 15 is 0 Å². The van der Waals surface area contributed by atoms with Crippen LogP contribution in [0.1, 0.15) is 50.3 Å². The zero-order valence-corrected chi connectivity index (χ0v) is 21.9. The zero-order valence-electron chi connectivity index (χ0n) is 21.9. The van der Waals surface area contributed by atoms with Crippen molar-refractivity contribution in [1.29, 1.82) is 0 Å². The number of carbonyl (C=O) groups is 1. The Labute approximate surface area is 221 Å². The van der Waals surface area contributed by atoms with Gasteiger partial charge < -0.3 is 19.4 Å². The Morgan fingerprint density at radius 2 is 1.50 bits per heavy atom. The molecule has 0 unspecified atom stereocenters. The predicted molar refractivity (Wildman–Crippen MR) is 143 cm³/mol. The van der Waals surface area contributed by atoms with Crippen molar-refractivity contribution in [1.82, 2.24) is 5.32 Å². The minimum Gasteiger partial charge on any atom is -0.449 e. The number of hydrogen-bond donors (Lipinski definition) is 1. The molecule has 1 amide bonds. The molecule has 5 rings (SSSR count). The van der Waals surface area contributed by atoms with Gasteiger partial charge in [0.15, 0.2) is 11.6 Å². The van der Waals surface area contributed by atoms with Gasteiger partial charge in [0.1, 0.15) is 6.61 Å². The summed E-state index contributed by atoms with van der Waals surface area (Å²) in [6.45, 7) is 7.88. The molecule has 1 N–H and O–H groups in total. The van der Waals surface area contributed by atoms with Gasteiger partial charge in [0, 0.05) is 12.5 Å². The molecular weight excluding hydrogens is 487 g/mol. The molecule has 1 heterocycles. The molecule has 38 heavy (non-hydrogen) atoms. The Hall–Kier alpha value is -3.49. The van der Waals surface area contributed by atoms with E-state index < -0.39 is 36.0 Å². The summed E-state index contributed by atoms with van der Waals surface area (Å²) in [5.74, 6) is -1.96. The second-order valence-corrected chi connectivity index (χ2v) is 10.7. The van der Waals surface area contributed by atoms with E-state index in [1.807, 2.05) is 52.0 Å². The summed E-state index contributed by atoms with van der Waals surface area (Å²) in [5, 5.41) is 2.78. The minimum atomic E-state index is -0.962. The molecule has 0 bridgehead atoms. The number of rotatable bonds is 6. The highest BCUT2D eigenvalue weighted by molar-refractivity contribution is 6.56. The molecule has 0 aromatic heterocycles. The zero-order chi connectivity index (χ0) is 27.1. The molecule has 1 saturated heterocycles. The van der Waals surface area contributed by atoms with Crippen LogP contribution in [0.5, 0.6) is 0 Å².